The number of carbonyl (C=O) groups is 2. The molecule has 3 heteroatoms. The number of hydrogen-bond acceptors (Lipinski definition) is 3. The number of carbonyl (C=O) groups excluding carboxylic acids is 2. The predicted octanol–water partition coefficient (Wildman–Crippen LogP) is 2.64. The summed E-state index contributed by atoms with van der Waals surface area (Å²) in [4.78, 5) is 23.0. The first kappa shape index (κ1) is 12.4. The highest BCUT2D eigenvalue weighted by Crippen LogP contribution is 2.19. The zero-order valence-corrected chi connectivity index (χ0v) is 9.66. The molecule has 0 saturated carbocycles. The Kier molecular flexibility index (Phi) is 4.70. The van der Waals surface area contributed by atoms with Gasteiger partial charge in [-0.05, 0) is 19.1 Å². The van der Waals surface area contributed by atoms with Gasteiger partial charge in [0.15, 0.2) is 5.78 Å². The lowest BCUT2D eigenvalue weighted by molar-refractivity contribution is -0.117. The fourth-order valence-corrected chi connectivity index (χ4v) is 1.38. The lowest BCUT2D eigenvalue weighted by Crippen LogP contribution is -2.09. The van der Waals surface area contributed by atoms with Crippen LogP contribution in [0.3, 0.4) is 0 Å². The Balaban J connectivity index is 2.85. The summed E-state index contributed by atoms with van der Waals surface area (Å²) in [5, 5.41) is 0. The molecular weight excluding hydrogens is 204 g/mol. The fourth-order valence-electron chi connectivity index (χ4n) is 1.38. The first-order chi connectivity index (χ1) is 7.69. The fraction of sp³-hybridized carbons (Fsp3) is 0.385. The quantitative estimate of drug-likeness (QED) is 0.546. The molecule has 0 spiro atoms. The Morgan fingerprint density at radius 2 is 1.88 bits per heavy atom. The van der Waals surface area contributed by atoms with Crippen LogP contribution in [0.15, 0.2) is 24.3 Å². The summed E-state index contributed by atoms with van der Waals surface area (Å²) < 4.78 is 5.34. The van der Waals surface area contributed by atoms with Gasteiger partial charge in [-0.25, -0.2) is 0 Å². The van der Waals surface area contributed by atoms with E-state index in [1.807, 2.05) is 13.0 Å². The molecule has 0 amide bonds. The minimum absolute atomic E-state index is 0.0411. The highest BCUT2D eigenvalue weighted by atomic mass is 16.5. The van der Waals surface area contributed by atoms with Gasteiger partial charge in [-0.15, -0.1) is 0 Å². The third kappa shape index (κ3) is 3.19. The van der Waals surface area contributed by atoms with Crippen LogP contribution in [0.5, 0.6) is 5.75 Å². The van der Waals surface area contributed by atoms with Gasteiger partial charge in [-0.3, -0.25) is 9.59 Å². The third-order valence-corrected chi connectivity index (χ3v) is 2.24. The normalized spacial score (nSPS) is 9.88. The van der Waals surface area contributed by atoms with Crippen molar-refractivity contribution in [1.29, 1.82) is 0 Å². The van der Waals surface area contributed by atoms with Crippen molar-refractivity contribution < 1.29 is 14.3 Å². The van der Waals surface area contributed by atoms with Crippen molar-refractivity contribution in [3.05, 3.63) is 29.8 Å². The molecule has 3 nitrogen and oxygen atoms in total. The Labute approximate surface area is 95.4 Å². The maximum absolute atomic E-state index is 11.8. The average Bonchev–Trinajstić information content (AvgIpc) is 2.30. The monoisotopic (exact) mass is 220 g/mol. The second kappa shape index (κ2) is 6.05. The van der Waals surface area contributed by atoms with Gasteiger partial charge >= 0.3 is 0 Å². The van der Waals surface area contributed by atoms with Crippen molar-refractivity contribution in [3.63, 3.8) is 0 Å². The molecule has 1 rings (SSSR count). The number of benzene rings is 1. The van der Waals surface area contributed by atoms with Crippen molar-refractivity contribution in [2.75, 3.05) is 6.61 Å². The minimum Gasteiger partial charge on any atom is -0.493 e. The van der Waals surface area contributed by atoms with Gasteiger partial charge in [0, 0.05) is 6.42 Å². The van der Waals surface area contributed by atoms with E-state index in [1.54, 1.807) is 25.1 Å². The molecule has 0 aromatic heterocycles. The number of ketones is 2. The van der Waals surface area contributed by atoms with Crippen LogP contribution in [0.1, 0.15) is 37.0 Å². The Morgan fingerprint density at radius 1 is 1.19 bits per heavy atom. The molecule has 0 saturated heterocycles. The highest BCUT2D eigenvalue weighted by Gasteiger charge is 2.14. The summed E-state index contributed by atoms with van der Waals surface area (Å²) in [5.41, 5.74) is 0.492. The molecule has 0 unspecified atom stereocenters. The van der Waals surface area contributed by atoms with E-state index >= 15 is 0 Å². The first-order valence-corrected chi connectivity index (χ1v) is 5.45. The van der Waals surface area contributed by atoms with Crippen LogP contribution in [0.2, 0.25) is 0 Å². The number of rotatable bonds is 6. The summed E-state index contributed by atoms with van der Waals surface area (Å²) >= 11 is 0. The molecule has 0 aliphatic rings. The van der Waals surface area contributed by atoms with Crippen LogP contribution in [-0.2, 0) is 4.79 Å². The van der Waals surface area contributed by atoms with Crippen LogP contribution in [0, 0.1) is 0 Å². The van der Waals surface area contributed by atoms with Crippen LogP contribution < -0.4 is 4.74 Å². The van der Waals surface area contributed by atoms with E-state index in [1.165, 1.54) is 0 Å². The first-order valence-electron chi connectivity index (χ1n) is 5.45. The molecule has 0 N–H and O–H groups in total. The summed E-state index contributed by atoms with van der Waals surface area (Å²) in [7, 11) is 0. The third-order valence-electron chi connectivity index (χ3n) is 2.24. The van der Waals surface area contributed by atoms with E-state index in [2.05, 4.69) is 0 Å². The largest absolute Gasteiger partial charge is 0.493 e. The molecule has 0 bridgehead atoms. The summed E-state index contributed by atoms with van der Waals surface area (Å²) in [6.07, 6.45) is 0.350. The van der Waals surface area contributed by atoms with Crippen LogP contribution in [0.25, 0.3) is 0 Å². The summed E-state index contributed by atoms with van der Waals surface area (Å²) in [6, 6.07) is 7.01. The number of hydrogen-bond donors (Lipinski definition) is 0. The molecule has 0 radical (unpaired) electrons. The maximum Gasteiger partial charge on any atom is 0.173 e. The van der Waals surface area contributed by atoms with Gasteiger partial charge in [-0.2, -0.15) is 0 Å². The number of para-hydroxylation sites is 1. The van der Waals surface area contributed by atoms with Crippen LogP contribution in [0.4, 0.5) is 0 Å². The Morgan fingerprint density at radius 3 is 2.50 bits per heavy atom. The minimum atomic E-state index is -0.170. The van der Waals surface area contributed by atoms with Crippen molar-refractivity contribution in [2.24, 2.45) is 0 Å². The van der Waals surface area contributed by atoms with Crippen molar-refractivity contribution in [3.8, 4) is 5.75 Å². The summed E-state index contributed by atoms with van der Waals surface area (Å²) in [6.45, 7) is 4.12. The Hall–Kier alpha value is -1.64. The molecule has 0 atom stereocenters. The summed E-state index contributed by atoms with van der Waals surface area (Å²) in [5.74, 6) is 0.339. The van der Waals surface area contributed by atoms with Gasteiger partial charge in [0.2, 0.25) is 0 Å². The Bertz CT molecular complexity index is 383. The van der Waals surface area contributed by atoms with Gasteiger partial charge in [-0.1, -0.05) is 19.1 Å². The standard InChI is InChI=1S/C13H16O3/c1-3-10(14)9-12(15)11-7-5-6-8-13(11)16-4-2/h5-8H,3-4,9H2,1-2H3. The lowest BCUT2D eigenvalue weighted by atomic mass is 10.0. The van der Waals surface area contributed by atoms with Crippen LogP contribution in [-0.4, -0.2) is 18.2 Å². The topological polar surface area (TPSA) is 43.4 Å². The van der Waals surface area contributed by atoms with E-state index in [9.17, 15) is 9.59 Å². The predicted molar refractivity (Wildman–Crippen MR) is 61.9 cm³/mol. The molecule has 0 aliphatic heterocycles. The molecule has 1 aromatic carbocycles. The molecule has 0 aliphatic carbocycles. The molecule has 0 heterocycles. The SMILES string of the molecule is CCOc1ccccc1C(=O)CC(=O)CC. The second-order valence-electron chi connectivity index (χ2n) is 3.42. The molecule has 0 fully saturated rings. The number of Topliss-reactive ketones (excluding diaryl/α,β-unsaturated/α-hetero) is 2. The smallest absolute Gasteiger partial charge is 0.173 e. The zero-order chi connectivity index (χ0) is 12.0. The molecule has 1 aromatic rings. The van der Waals surface area contributed by atoms with Crippen molar-refractivity contribution >= 4 is 11.6 Å². The van der Waals surface area contributed by atoms with E-state index in [-0.39, 0.29) is 18.0 Å². The van der Waals surface area contributed by atoms with Gasteiger partial charge < -0.3 is 4.74 Å². The van der Waals surface area contributed by atoms with Crippen molar-refractivity contribution in [1.82, 2.24) is 0 Å². The van der Waals surface area contributed by atoms with E-state index in [0.717, 1.165) is 0 Å². The van der Waals surface area contributed by atoms with Crippen molar-refractivity contribution in [2.45, 2.75) is 26.7 Å². The maximum atomic E-state index is 11.8. The van der Waals surface area contributed by atoms with E-state index in [0.29, 0.717) is 24.3 Å². The molecule has 16 heavy (non-hydrogen) atoms. The van der Waals surface area contributed by atoms with E-state index in [4.69, 9.17) is 4.74 Å². The van der Waals surface area contributed by atoms with E-state index < -0.39 is 0 Å². The highest BCUT2D eigenvalue weighted by molar-refractivity contribution is 6.09. The van der Waals surface area contributed by atoms with Crippen LogP contribution >= 0.6 is 0 Å². The molecular formula is C13H16O3. The second-order valence-corrected chi connectivity index (χ2v) is 3.42. The average molecular weight is 220 g/mol. The lowest BCUT2D eigenvalue weighted by Gasteiger charge is -2.08. The van der Waals surface area contributed by atoms with Gasteiger partial charge in [0.05, 0.1) is 18.6 Å². The zero-order valence-electron chi connectivity index (χ0n) is 9.66. The molecule has 86 valence electrons. The van der Waals surface area contributed by atoms with Gasteiger partial charge in [0.1, 0.15) is 11.5 Å². The number of ether oxygens (including phenoxy) is 1. The van der Waals surface area contributed by atoms with Gasteiger partial charge in [0.25, 0.3) is 0 Å².